The first kappa shape index (κ1) is 20.5. The summed E-state index contributed by atoms with van der Waals surface area (Å²) in [6.07, 6.45) is 3.78. The Bertz CT molecular complexity index is 1490. The van der Waals surface area contributed by atoms with E-state index in [1.54, 1.807) is 29.9 Å². The van der Waals surface area contributed by atoms with Crippen LogP contribution in [-0.2, 0) is 13.6 Å². The van der Waals surface area contributed by atoms with Crippen LogP contribution in [0.1, 0.15) is 12.0 Å². The van der Waals surface area contributed by atoms with Crippen molar-refractivity contribution in [3.63, 3.8) is 0 Å². The molecule has 2 aromatic carbocycles. The molecule has 7 nitrogen and oxygen atoms in total. The quantitative estimate of drug-likeness (QED) is 0.491. The van der Waals surface area contributed by atoms with Gasteiger partial charge in [-0.1, -0.05) is 0 Å². The molecule has 3 heterocycles. The van der Waals surface area contributed by atoms with Crippen LogP contribution in [0.25, 0.3) is 22.2 Å². The van der Waals surface area contributed by atoms with Gasteiger partial charge in [0, 0.05) is 35.6 Å². The van der Waals surface area contributed by atoms with Gasteiger partial charge in [-0.2, -0.15) is 0 Å². The molecule has 2 fully saturated rings. The minimum absolute atomic E-state index is 0.0457. The number of benzene rings is 2. The lowest BCUT2D eigenvalue weighted by atomic mass is 10.0. The van der Waals surface area contributed by atoms with E-state index in [1.807, 2.05) is 0 Å². The zero-order valence-electron chi connectivity index (χ0n) is 18.0. The number of nitrogen functional groups attached to an aromatic ring is 1. The second-order valence-corrected chi connectivity index (χ2v) is 8.66. The largest absolute Gasteiger partial charge is 0.383 e. The summed E-state index contributed by atoms with van der Waals surface area (Å²) >= 11 is 0. The second kappa shape index (κ2) is 7.21. The van der Waals surface area contributed by atoms with Crippen molar-refractivity contribution in [1.82, 2.24) is 19.4 Å². The molecule has 172 valence electrons. The molecule has 2 unspecified atom stereocenters. The number of aromatic nitrogens is 3. The summed E-state index contributed by atoms with van der Waals surface area (Å²) in [6, 6.07) is 7.17. The fourth-order valence-corrected chi connectivity index (χ4v) is 4.85. The molecule has 1 saturated carbocycles. The van der Waals surface area contributed by atoms with Gasteiger partial charge < -0.3 is 15.2 Å². The predicted octanol–water partition coefficient (Wildman–Crippen LogP) is 4.22. The Balaban J connectivity index is 1.32. The standard InChI is InChI=1S/C24H19F3N6O/c1-31-10-16(21-22(28)29-11-30-23(21)31)15-4-3-14(7-18(15)27)33-20-8-19(20)32(24(33)34)9-12-6-13(25)2-5-17(12)26/h2-7,10-11,19-20H,8-9H2,1H3,(H2,28,29,30). The molecule has 0 bridgehead atoms. The number of hydrogen-bond acceptors (Lipinski definition) is 4. The lowest BCUT2D eigenvalue weighted by Crippen LogP contribution is -2.36. The molecule has 2 aliphatic rings. The predicted molar refractivity (Wildman–Crippen MR) is 120 cm³/mol. The molecule has 1 saturated heterocycles. The lowest BCUT2D eigenvalue weighted by Gasteiger charge is -2.24. The molecule has 2 aromatic heterocycles. The van der Waals surface area contributed by atoms with Gasteiger partial charge in [0.2, 0.25) is 0 Å². The Morgan fingerprint density at radius 1 is 1.03 bits per heavy atom. The Labute approximate surface area is 192 Å². The zero-order valence-corrected chi connectivity index (χ0v) is 18.0. The number of fused-ring (bicyclic) bond motifs is 2. The summed E-state index contributed by atoms with van der Waals surface area (Å²) in [5, 5.41) is 0.555. The molecular weight excluding hydrogens is 445 g/mol. The maximum atomic E-state index is 15.3. The van der Waals surface area contributed by atoms with E-state index in [0.29, 0.717) is 34.3 Å². The third-order valence-corrected chi connectivity index (χ3v) is 6.56. The molecule has 0 spiro atoms. The fraction of sp³-hybridized carbons (Fsp3) is 0.208. The van der Waals surface area contributed by atoms with Crippen LogP contribution in [0.4, 0.5) is 29.5 Å². The Hall–Kier alpha value is -4.08. The second-order valence-electron chi connectivity index (χ2n) is 8.66. The van der Waals surface area contributed by atoms with Crippen LogP contribution < -0.4 is 10.6 Å². The van der Waals surface area contributed by atoms with Crippen LogP contribution in [0.15, 0.2) is 48.9 Å². The number of amides is 2. The third kappa shape index (κ3) is 3.01. The number of anilines is 2. The molecule has 1 aliphatic carbocycles. The zero-order chi connectivity index (χ0) is 23.7. The van der Waals surface area contributed by atoms with Crippen molar-refractivity contribution in [2.45, 2.75) is 25.0 Å². The van der Waals surface area contributed by atoms with Gasteiger partial charge in [-0.05, 0) is 42.8 Å². The molecule has 4 aromatic rings. The monoisotopic (exact) mass is 464 g/mol. The number of carbonyl (C=O) groups excluding carboxylic acids is 1. The summed E-state index contributed by atoms with van der Waals surface area (Å²) in [7, 11) is 1.79. The number of rotatable bonds is 4. The Morgan fingerprint density at radius 2 is 1.85 bits per heavy atom. The van der Waals surface area contributed by atoms with E-state index in [4.69, 9.17) is 5.73 Å². The minimum atomic E-state index is -0.571. The molecule has 34 heavy (non-hydrogen) atoms. The molecule has 2 atom stereocenters. The molecule has 6 rings (SSSR count). The average molecular weight is 464 g/mol. The van der Waals surface area contributed by atoms with Crippen molar-refractivity contribution in [2.24, 2.45) is 7.05 Å². The first-order chi connectivity index (χ1) is 16.3. The Kier molecular flexibility index (Phi) is 4.35. The van der Waals surface area contributed by atoms with Gasteiger partial charge in [0.25, 0.3) is 0 Å². The van der Waals surface area contributed by atoms with Gasteiger partial charge in [0.15, 0.2) is 0 Å². The number of halogens is 3. The highest BCUT2D eigenvalue weighted by Gasteiger charge is 2.57. The summed E-state index contributed by atoms with van der Waals surface area (Å²) in [4.78, 5) is 24.4. The Morgan fingerprint density at radius 3 is 2.65 bits per heavy atom. The van der Waals surface area contributed by atoms with E-state index in [0.717, 1.165) is 18.2 Å². The summed E-state index contributed by atoms with van der Waals surface area (Å²) in [5.74, 6) is -1.41. The van der Waals surface area contributed by atoms with Crippen molar-refractivity contribution in [3.05, 3.63) is 71.9 Å². The van der Waals surface area contributed by atoms with Crippen LogP contribution in [0.5, 0.6) is 0 Å². The lowest BCUT2D eigenvalue weighted by molar-refractivity contribution is 0.209. The SMILES string of the molecule is Cn1cc(-c2ccc(N3C(=O)N(Cc4cc(F)ccc4F)C4CC43)cc2F)c2c(N)ncnc21. The molecule has 2 amide bonds. The van der Waals surface area contributed by atoms with Gasteiger partial charge in [-0.3, -0.25) is 4.90 Å². The number of hydrogen-bond donors (Lipinski definition) is 1. The van der Waals surface area contributed by atoms with Gasteiger partial charge >= 0.3 is 6.03 Å². The van der Waals surface area contributed by atoms with Crippen LogP contribution >= 0.6 is 0 Å². The van der Waals surface area contributed by atoms with E-state index in [-0.39, 0.29) is 36.0 Å². The molecule has 0 radical (unpaired) electrons. The van der Waals surface area contributed by atoms with Crippen molar-refractivity contribution in [2.75, 3.05) is 10.6 Å². The first-order valence-corrected chi connectivity index (χ1v) is 10.7. The van der Waals surface area contributed by atoms with Gasteiger partial charge in [-0.25, -0.2) is 27.9 Å². The fourth-order valence-electron chi connectivity index (χ4n) is 4.85. The van der Waals surface area contributed by atoms with Crippen molar-refractivity contribution in [1.29, 1.82) is 0 Å². The summed E-state index contributed by atoms with van der Waals surface area (Å²) in [5.41, 5.74) is 8.00. The van der Waals surface area contributed by atoms with Crippen LogP contribution in [0, 0.1) is 17.5 Å². The average Bonchev–Trinajstić information content (AvgIpc) is 3.42. The molecule has 10 heteroatoms. The maximum absolute atomic E-state index is 15.3. The molecular formula is C24H19F3N6O. The van der Waals surface area contributed by atoms with Crippen LogP contribution in [0.2, 0.25) is 0 Å². The number of nitrogens with two attached hydrogens (primary N) is 1. The number of urea groups is 1. The van der Waals surface area contributed by atoms with Crippen molar-refractivity contribution in [3.8, 4) is 11.1 Å². The van der Waals surface area contributed by atoms with E-state index in [2.05, 4.69) is 9.97 Å². The number of nitrogens with zero attached hydrogens (tertiary/aromatic N) is 5. The van der Waals surface area contributed by atoms with E-state index in [1.165, 1.54) is 22.2 Å². The number of carbonyl (C=O) groups is 1. The highest BCUT2D eigenvalue weighted by molar-refractivity contribution is 6.01. The van der Waals surface area contributed by atoms with Crippen molar-refractivity contribution < 1.29 is 18.0 Å². The highest BCUT2D eigenvalue weighted by Crippen LogP contribution is 2.45. The first-order valence-electron chi connectivity index (χ1n) is 10.7. The summed E-state index contributed by atoms with van der Waals surface area (Å²) < 4.78 is 44.8. The van der Waals surface area contributed by atoms with Gasteiger partial charge in [-0.15, -0.1) is 0 Å². The normalized spacial score (nSPS) is 19.2. The molecule has 1 aliphatic heterocycles. The van der Waals surface area contributed by atoms with E-state index < -0.39 is 17.5 Å². The van der Waals surface area contributed by atoms with Crippen molar-refractivity contribution >= 4 is 28.6 Å². The topological polar surface area (TPSA) is 80.3 Å². The molecule has 2 N–H and O–H groups in total. The van der Waals surface area contributed by atoms with Crippen LogP contribution in [-0.4, -0.2) is 37.5 Å². The van der Waals surface area contributed by atoms with Gasteiger partial charge in [0.1, 0.15) is 35.2 Å². The van der Waals surface area contributed by atoms with E-state index >= 15 is 4.39 Å². The van der Waals surface area contributed by atoms with E-state index in [9.17, 15) is 13.6 Å². The maximum Gasteiger partial charge on any atom is 0.325 e. The van der Waals surface area contributed by atoms with Crippen LogP contribution in [0.3, 0.4) is 0 Å². The minimum Gasteiger partial charge on any atom is -0.383 e. The third-order valence-electron chi connectivity index (χ3n) is 6.56. The highest BCUT2D eigenvalue weighted by atomic mass is 19.1. The smallest absolute Gasteiger partial charge is 0.325 e. The number of aryl methyl sites for hydroxylation is 1. The van der Waals surface area contributed by atoms with Gasteiger partial charge in [0.05, 0.1) is 24.0 Å². The summed E-state index contributed by atoms with van der Waals surface area (Å²) in [6.45, 7) is -0.0457.